The van der Waals surface area contributed by atoms with E-state index in [1.54, 1.807) is 24.0 Å². The molecule has 0 radical (unpaired) electrons. The van der Waals surface area contributed by atoms with Crippen LogP contribution in [0.2, 0.25) is 0 Å². The Kier molecular flexibility index (Phi) is 4.24. The monoisotopic (exact) mass is 265 g/mol. The van der Waals surface area contributed by atoms with E-state index in [4.69, 9.17) is 9.15 Å². The Labute approximate surface area is 112 Å². The zero-order chi connectivity index (χ0) is 13.8. The molecule has 1 aliphatic rings. The Morgan fingerprint density at radius 2 is 2.21 bits per heavy atom. The van der Waals surface area contributed by atoms with Crippen LogP contribution in [0.15, 0.2) is 16.5 Å². The van der Waals surface area contributed by atoms with Gasteiger partial charge in [-0.25, -0.2) is 0 Å². The maximum atomic E-state index is 12.4. The van der Waals surface area contributed by atoms with Gasteiger partial charge in [-0.2, -0.15) is 0 Å². The number of nitrogens with zero attached hydrogens (tertiary/aromatic N) is 1. The fourth-order valence-electron chi connectivity index (χ4n) is 2.45. The minimum absolute atomic E-state index is 0.0842. The van der Waals surface area contributed by atoms with E-state index in [2.05, 4.69) is 0 Å². The van der Waals surface area contributed by atoms with Crippen LogP contribution in [0.5, 0.6) is 0 Å². The van der Waals surface area contributed by atoms with Crippen molar-refractivity contribution in [3.63, 3.8) is 0 Å². The van der Waals surface area contributed by atoms with Gasteiger partial charge in [0.1, 0.15) is 5.76 Å². The third-order valence-corrected chi connectivity index (χ3v) is 3.47. The number of esters is 1. The minimum atomic E-state index is -0.277. The SMILES string of the molecule is COC(=O)CC1CCCCN1C(=O)c1ccc(C)o1. The first-order valence-corrected chi connectivity index (χ1v) is 6.56. The van der Waals surface area contributed by atoms with Crippen LogP contribution in [0.4, 0.5) is 0 Å². The zero-order valence-corrected chi connectivity index (χ0v) is 11.3. The lowest BCUT2D eigenvalue weighted by Crippen LogP contribution is -2.44. The van der Waals surface area contributed by atoms with Crippen molar-refractivity contribution >= 4 is 11.9 Å². The lowest BCUT2D eigenvalue weighted by Gasteiger charge is -2.34. The highest BCUT2D eigenvalue weighted by atomic mass is 16.5. The molecule has 0 N–H and O–H groups in total. The van der Waals surface area contributed by atoms with Crippen molar-refractivity contribution in [3.05, 3.63) is 23.7 Å². The fraction of sp³-hybridized carbons (Fsp3) is 0.571. The first kappa shape index (κ1) is 13.6. The Morgan fingerprint density at radius 3 is 2.84 bits per heavy atom. The van der Waals surface area contributed by atoms with Crippen LogP contribution in [-0.4, -0.2) is 36.5 Å². The number of hydrogen-bond acceptors (Lipinski definition) is 4. The quantitative estimate of drug-likeness (QED) is 0.786. The number of hydrogen-bond donors (Lipinski definition) is 0. The second-order valence-corrected chi connectivity index (χ2v) is 4.84. The van der Waals surface area contributed by atoms with E-state index in [-0.39, 0.29) is 24.3 Å². The van der Waals surface area contributed by atoms with Gasteiger partial charge in [-0.15, -0.1) is 0 Å². The molecule has 0 bridgehead atoms. The molecule has 1 fully saturated rings. The standard InChI is InChI=1S/C14H19NO4/c1-10-6-7-12(19-10)14(17)15-8-4-3-5-11(15)9-13(16)18-2/h6-7,11H,3-5,8-9H2,1-2H3. The van der Waals surface area contributed by atoms with Gasteiger partial charge in [-0.05, 0) is 38.3 Å². The Balaban J connectivity index is 2.10. The summed E-state index contributed by atoms with van der Waals surface area (Å²) in [6, 6.07) is 3.37. The molecule has 19 heavy (non-hydrogen) atoms. The Morgan fingerprint density at radius 1 is 1.42 bits per heavy atom. The Bertz CT molecular complexity index is 466. The molecule has 0 saturated carbocycles. The molecule has 5 heteroatoms. The molecule has 2 rings (SSSR count). The Hall–Kier alpha value is -1.78. The molecular weight excluding hydrogens is 246 g/mol. The summed E-state index contributed by atoms with van der Waals surface area (Å²) in [5.41, 5.74) is 0. The van der Waals surface area contributed by atoms with Crippen LogP contribution in [0, 0.1) is 6.92 Å². The van der Waals surface area contributed by atoms with Crippen molar-refractivity contribution in [2.24, 2.45) is 0 Å². The highest BCUT2D eigenvalue weighted by Gasteiger charge is 2.30. The van der Waals surface area contributed by atoms with E-state index in [1.807, 2.05) is 0 Å². The van der Waals surface area contributed by atoms with Crippen LogP contribution in [0.1, 0.15) is 42.0 Å². The zero-order valence-electron chi connectivity index (χ0n) is 11.3. The molecule has 0 aromatic carbocycles. The molecular formula is C14H19NO4. The van der Waals surface area contributed by atoms with E-state index in [1.165, 1.54) is 7.11 Å². The van der Waals surface area contributed by atoms with E-state index >= 15 is 0 Å². The molecule has 2 heterocycles. The molecule has 5 nitrogen and oxygen atoms in total. The first-order valence-electron chi connectivity index (χ1n) is 6.56. The molecule has 1 aliphatic heterocycles. The van der Waals surface area contributed by atoms with Crippen molar-refractivity contribution in [2.75, 3.05) is 13.7 Å². The number of aryl methyl sites for hydroxylation is 1. The maximum absolute atomic E-state index is 12.4. The minimum Gasteiger partial charge on any atom is -0.469 e. The van der Waals surface area contributed by atoms with Gasteiger partial charge in [-0.3, -0.25) is 9.59 Å². The summed E-state index contributed by atoms with van der Waals surface area (Å²) >= 11 is 0. The lowest BCUT2D eigenvalue weighted by atomic mass is 9.99. The molecule has 1 unspecified atom stereocenters. The summed E-state index contributed by atoms with van der Waals surface area (Å²) in [5, 5.41) is 0. The van der Waals surface area contributed by atoms with Crippen molar-refractivity contribution in [1.82, 2.24) is 4.90 Å². The molecule has 1 amide bonds. The number of amides is 1. The molecule has 104 valence electrons. The maximum Gasteiger partial charge on any atom is 0.307 e. The number of carbonyl (C=O) groups excluding carboxylic acids is 2. The van der Waals surface area contributed by atoms with E-state index in [9.17, 15) is 9.59 Å². The molecule has 1 saturated heterocycles. The average molecular weight is 265 g/mol. The predicted octanol–water partition coefficient (Wildman–Crippen LogP) is 2.15. The number of likely N-dealkylation sites (tertiary alicyclic amines) is 1. The van der Waals surface area contributed by atoms with E-state index in [0.717, 1.165) is 19.3 Å². The number of rotatable bonds is 3. The third kappa shape index (κ3) is 3.16. The summed E-state index contributed by atoms with van der Waals surface area (Å²) in [7, 11) is 1.37. The van der Waals surface area contributed by atoms with Crippen molar-refractivity contribution in [3.8, 4) is 0 Å². The van der Waals surface area contributed by atoms with Gasteiger partial charge in [0.25, 0.3) is 5.91 Å². The second-order valence-electron chi connectivity index (χ2n) is 4.84. The second kappa shape index (κ2) is 5.91. The molecule has 0 aliphatic carbocycles. The topological polar surface area (TPSA) is 59.8 Å². The van der Waals surface area contributed by atoms with Crippen LogP contribution >= 0.6 is 0 Å². The van der Waals surface area contributed by atoms with Crippen LogP contribution in [0.3, 0.4) is 0 Å². The van der Waals surface area contributed by atoms with Gasteiger partial charge < -0.3 is 14.1 Å². The normalized spacial score (nSPS) is 19.3. The summed E-state index contributed by atoms with van der Waals surface area (Å²) in [4.78, 5) is 25.5. The van der Waals surface area contributed by atoms with Gasteiger partial charge >= 0.3 is 5.97 Å². The largest absolute Gasteiger partial charge is 0.469 e. The van der Waals surface area contributed by atoms with Gasteiger partial charge in [0.15, 0.2) is 5.76 Å². The number of methoxy groups -OCH3 is 1. The van der Waals surface area contributed by atoms with E-state index in [0.29, 0.717) is 18.1 Å². The molecule has 1 aromatic heterocycles. The first-order chi connectivity index (χ1) is 9.11. The van der Waals surface area contributed by atoms with Crippen LogP contribution in [-0.2, 0) is 9.53 Å². The smallest absolute Gasteiger partial charge is 0.307 e. The molecule has 1 atom stereocenters. The van der Waals surface area contributed by atoms with Crippen LogP contribution in [0.25, 0.3) is 0 Å². The summed E-state index contributed by atoms with van der Waals surface area (Å²) < 4.78 is 10.1. The fourth-order valence-corrected chi connectivity index (χ4v) is 2.45. The summed E-state index contributed by atoms with van der Waals surface area (Å²) in [6.07, 6.45) is 3.08. The lowest BCUT2D eigenvalue weighted by molar-refractivity contribution is -0.142. The summed E-state index contributed by atoms with van der Waals surface area (Å²) in [6.45, 7) is 2.47. The highest BCUT2D eigenvalue weighted by Crippen LogP contribution is 2.23. The van der Waals surface area contributed by atoms with Gasteiger partial charge in [0, 0.05) is 12.6 Å². The third-order valence-electron chi connectivity index (χ3n) is 3.47. The molecule has 0 spiro atoms. The van der Waals surface area contributed by atoms with Crippen molar-refractivity contribution in [1.29, 1.82) is 0 Å². The van der Waals surface area contributed by atoms with Crippen molar-refractivity contribution in [2.45, 2.75) is 38.6 Å². The number of piperidine rings is 1. The van der Waals surface area contributed by atoms with Crippen LogP contribution < -0.4 is 0 Å². The number of carbonyl (C=O) groups is 2. The number of ether oxygens (including phenoxy) is 1. The van der Waals surface area contributed by atoms with Gasteiger partial charge in [-0.1, -0.05) is 0 Å². The van der Waals surface area contributed by atoms with Crippen molar-refractivity contribution < 1.29 is 18.7 Å². The van der Waals surface area contributed by atoms with Gasteiger partial charge in [0.05, 0.1) is 13.5 Å². The summed E-state index contributed by atoms with van der Waals surface area (Å²) in [5.74, 6) is 0.640. The number of furan rings is 1. The predicted molar refractivity (Wildman–Crippen MR) is 68.8 cm³/mol. The highest BCUT2D eigenvalue weighted by molar-refractivity contribution is 5.92. The van der Waals surface area contributed by atoms with Gasteiger partial charge in [0.2, 0.25) is 0 Å². The van der Waals surface area contributed by atoms with E-state index < -0.39 is 0 Å². The molecule has 1 aromatic rings. The average Bonchev–Trinajstić information content (AvgIpc) is 2.85.